The molecule has 0 amide bonds. The second-order valence-electron chi connectivity index (χ2n) is 4.69. The molecule has 0 N–H and O–H groups in total. The summed E-state index contributed by atoms with van der Waals surface area (Å²) in [5.74, 6) is 1.74. The van der Waals surface area contributed by atoms with Gasteiger partial charge in [0.15, 0.2) is 0 Å². The first kappa shape index (κ1) is 9.70. The summed E-state index contributed by atoms with van der Waals surface area (Å²) in [6, 6.07) is 2.20. The SMILES string of the molecule is Cc1cnccc1C1CCC(C)CC1. The van der Waals surface area contributed by atoms with Crippen LogP contribution in [0.25, 0.3) is 0 Å². The van der Waals surface area contributed by atoms with Gasteiger partial charge in [0, 0.05) is 12.4 Å². The van der Waals surface area contributed by atoms with Gasteiger partial charge in [0.25, 0.3) is 0 Å². The van der Waals surface area contributed by atoms with Crippen molar-refractivity contribution >= 4 is 0 Å². The van der Waals surface area contributed by atoms with Gasteiger partial charge in [-0.25, -0.2) is 0 Å². The minimum absolute atomic E-state index is 0.800. The van der Waals surface area contributed by atoms with Crippen LogP contribution in [0.4, 0.5) is 0 Å². The van der Waals surface area contributed by atoms with Gasteiger partial charge in [0.2, 0.25) is 0 Å². The zero-order valence-corrected chi connectivity index (χ0v) is 9.16. The van der Waals surface area contributed by atoms with Gasteiger partial charge >= 0.3 is 0 Å². The molecule has 0 aliphatic heterocycles. The third kappa shape index (κ3) is 1.97. The summed E-state index contributed by atoms with van der Waals surface area (Å²) >= 11 is 0. The molecule has 0 atom stereocenters. The first-order chi connectivity index (χ1) is 6.77. The smallest absolute Gasteiger partial charge is 0.0299 e. The highest BCUT2D eigenvalue weighted by Crippen LogP contribution is 2.36. The molecule has 1 aliphatic carbocycles. The predicted molar refractivity (Wildman–Crippen MR) is 59.3 cm³/mol. The minimum Gasteiger partial charge on any atom is -0.264 e. The van der Waals surface area contributed by atoms with E-state index < -0.39 is 0 Å². The fourth-order valence-electron chi connectivity index (χ4n) is 2.51. The van der Waals surface area contributed by atoms with Crippen LogP contribution < -0.4 is 0 Å². The molecular formula is C13H19N. The number of rotatable bonds is 1. The van der Waals surface area contributed by atoms with E-state index in [0.717, 1.165) is 11.8 Å². The maximum absolute atomic E-state index is 4.15. The molecule has 1 saturated carbocycles. The Hall–Kier alpha value is -0.850. The molecule has 0 unspecified atom stereocenters. The first-order valence-corrected chi connectivity index (χ1v) is 5.68. The largest absolute Gasteiger partial charge is 0.264 e. The van der Waals surface area contributed by atoms with E-state index in [-0.39, 0.29) is 0 Å². The van der Waals surface area contributed by atoms with Gasteiger partial charge in [-0.2, -0.15) is 0 Å². The first-order valence-electron chi connectivity index (χ1n) is 5.68. The summed E-state index contributed by atoms with van der Waals surface area (Å²) in [5, 5.41) is 0. The molecule has 0 aromatic carbocycles. The number of hydrogen-bond acceptors (Lipinski definition) is 1. The van der Waals surface area contributed by atoms with Crippen molar-refractivity contribution in [2.75, 3.05) is 0 Å². The van der Waals surface area contributed by atoms with E-state index >= 15 is 0 Å². The van der Waals surface area contributed by atoms with E-state index in [1.54, 1.807) is 0 Å². The van der Waals surface area contributed by atoms with Crippen molar-refractivity contribution in [3.05, 3.63) is 29.6 Å². The van der Waals surface area contributed by atoms with E-state index in [1.807, 2.05) is 12.4 Å². The average Bonchev–Trinajstić information content (AvgIpc) is 2.20. The Bertz CT molecular complexity index is 298. The van der Waals surface area contributed by atoms with Crippen LogP contribution >= 0.6 is 0 Å². The van der Waals surface area contributed by atoms with Crippen LogP contribution in [-0.2, 0) is 0 Å². The Labute approximate surface area is 86.6 Å². The van der Waals surface area contributed by atoms with Gasteiger partial charge in [-0.1, -0.05) is 19.8 Å². The molecule has 1 aromatic heterocycles. The molecule has 14 heavy (non-hydrogen) atoms. The highest BCUT2D eigenvalue weighted by molar-refractivity contribution is 5.26. The van der Waals surface area contributed by atoms with Crippen molar-refractivity contribution in [3.63, 3.8) is 0 Å². The predicted octanol–water partition coefficient (Wildman–Crippen LogP) is 3.68. The summed E-state index contributed by atoms with van der Waals surface area (Å²) in [6.45, 7) is 4.55. The Morgan fingerprint density at radius 3 is 2.57 bits per heavy atom. The number of nitrogens with zero attached hydrogens (tertiary/aromatic N) is 1. The summed E-state index contributed by atoms with van der Waals surface area (Å²) in [7, 11) is 0. The summed E-state index contributed by atoms with van der Waals surface area (Å²) in [5.41, 5.74) is 2.90. The molecule has 0 saturated heterocycles. The van der Waals surface area contributed by atoms with Crippen LogP contribution in [0, 0.1) is 12.8 Å². The molecule has 2 rings (SSSR count). The Morgan fingerprint density at radius 2 is 1.93 bits per heavy atom. The van der Waals surface area contributed by atoms with Crippen molar-refractivity contribution in [2.45, 2.75) is 45.4 Å². The monoisotopic (exact) mass is 189 g/mol. The van der Waals surface area contributed by atoms with Crippen molar-refractivity contribution in [2.24, 2.45) is 5.92 Å². The molecule has 1 nitrogen and oxygen atoms in total. The normalized spacial score (nSPS) is 27.6. The molecule has 1 aliphatic rings. The average molecular weight is 189 g/mol. The van der Waals surface area contributed by atoms with E-state index in [1.165, 1.54) is 36.8 Å². The van der Waals surface area contributed by atoms with Crippen LogP contribution in [0.2, 0.25) is 0 Å². The third-order valence-electron chi connectivity index (χ3n) is 3.52. The molecule has 0 spiro atoms. The van der Waals surface area contributed by atoms with Crippen molar-refractivity contribution < 1.29 is 0 Å². The third-order valence-corrected chi connectivity index (χ3v) is 3.52. The fourth-order valence-corrected chi connectivity index (χ4v) is 2.51. The highest BCUT2D eigenvalue weighted by Gasteiger charge is 2.20. The molecule has 1 aromatic rings. The van der Waals surface area contributed by atoms with Gasteiger partial charge in [-0.05, 0) is 48.8 Å². The topological polar surface area (TPSA) is 12.9 Å². The fraction of sp³-hybridized carbons (Fsp3) is 0.615. The van der Waals surface area contributed by atoms with E-state index in [0.29, 0.717) is 0 Å². The second-order valence-corrected chi connectivity index (χ2v) is 4.69. The zero-order valence-electron chi connectivity index (χ0n) is 9.16. The van der Waals surface area contributed by atoms with Crippen molar-refractivity contribution in [3.8, 4) is 0 Å². The van der Waals surface area contributed by atoms with Crippen LogP contribution in [0.3, 0.4) is 0 Å². The maximum atomic E-state index is 4.15. The second kappa shape index (κ2) is 4.12. The Balaban J connectivity index is 2.12. The molecular weight excluding hydrogens is 170 g/mol. The quantitative estimate of drug-likeness (QED) is 0.656. The highest BCUT2D eigenvalue weighted by atomic mass is 14.6. The lowest BCUT2D eigenvalue weighted by Gasteiger charge is -2.27. The lowest BCUT2D eigenvalue weighted by molar-refractivity contribution is 0.347. The van der Waals surface area contributed by atoms with Gasteiger partial charge in [0.1, 0.15) is 0 Å². The summed E-state index contributed by atoms with van der Waals surface area (Å²) < 4.78 is 0. The van der Waals surface area contributed by atoms with Crippen molar-refractivity contribution in [1.29, 1.82) is 0 Å². The molecule has 0 bridgehead atoms. The van der Waals surface area contributed by atoms with E-state index in [2.05, 4.69) is 24.9 Å². The lowest BCUT2D eigenvalue weighted by atomic mass is 9.79. The van der Waals surface area contributed by atoms with Crippen LogP contribution in [-0.4, -0.2) is 4.98 Å². The van der Waals surface area contributed by atoms with Crippen molar-refractivity contribution in [1.82, 2.24) is 4.98 Å². The van der Waals surface area contributed by atoms with Gasteiger partial charge in [-0.3, -0.25) is 4.98 Å². The van der Waals surface area contributed by atoms with Crippen LogP contribution in [0.5, 0.6) is 0 Å². The van der Waals surface area contributed by atoms with Gasteiger partial charge in [0.05, 0.1) is 0 Å². The summed E-state index contributed by atoms with van der Waals surface area (Å²) in [4.78, 5) is 4.15. The summed E-state index contributed by atoms with van der Waals surface area (Å²) in [6.07, 6.45) is 9.45. The standard InChI is InChI=1S/C13H19N/c1-10-3-5-12(6-4-10)13-7-8-14-9-11(13)2/h7-10,12H,3-6H2,1-2H3. The lowest BCUT2D eigenvalue weighted by Crippen LogP contribution is -2.11. The number of hydrogen-bond donors (Lipinski definition) is 0. The molecule has 1 heterocycles. The van der Waals surface area contributed by atoms with Gasteiger partial charge in [-0.15, -0.1) is 0 Å². The number of pyridine rings is 1. The van der Waals surface area contributed by atoms with E-state index in [9.17, 15) is 0 Å². The number of aryl methyl sites for hydroxylation is 1. The Morgan fingerprint density at radius 1 is 1.21 bits per heavy atom. The molecule has 0 radical (unpaired) electrons. The maximum Gasteiger partial charge on any atom is 0.0299 e. The molecule has 1 heteroatoms. The van der Waals surface area contributed by atoms with E-state index in [4.69, 9.17) is 0 Å². The van der Waals surface area contributed by atoms with Gasteiger partial charge < -0.3 is 0 Å². The molecule has 1 fully saturated rings. The molecule has 76 valence electrons. The Kier molecular flexibility index (Phi) is 2.85. The van der Waals surface area contributed by atoms with Crippen LogP contribution in [0.15, 0.2) is 18.5 Å². The van der Waals surface area contributed by atoms with Crippen LogP contribution in [0.1, 0.15) is 49.7 Å². The number of aromatic nitrogens is 1. The minimum atomic E-state index is 0.800. The zero-order chi connectivity index (χ0) is 9.97.